The van der Waals surface area contributed by atoms with E-state index in [1.165, 1.54) is 16.8 Å². The van der Waals surface area contributed by atoms with Gasteiger partial charge < -0.3 is 25.6 Å². The van der Waals surface area contributed by atoms with E-state index in [-0.39, 0.29) is 6.09 Å². The van der Waals surface area contributed by atoms with Gasteiger partial charge in [0.2, 0.25) is 0 Å². The lowest BCUT2D eigenvalue weighted by atomic mass is 9.98. The number of carbonyl (C=O) groups excluding carboxylic acids is 1. The van der Waals surface area contributed by atoms with Gasteiger partial charge in [0.25, 0.3) is 0 Å². The van der Waals surface area contributed by atoms with Crippen molar-refractivity contribution in [3.05, 3.63) is 22.8 Å². The lowest BCUT2D eigenvalue weighted by Crippen LogP contribution is -2.50. The number of benzene rings is 1. The van der Waals surface area contributed by atoms with Crippen LogP contribution in [0.3, 0.4) is 0 Å². The molecule has 3 N–H and O–H groups in total. The molecule has 3 rings (SSSR count). The molecule has 2 aliphatic heterocycles. The number of nitrogen functional groups attached to an aromatic ring is 1. The molecule has 0 aliphatic carbocycles. The monoisotopic (exact) mass is 403 g/mol. The molecule has 0 spiro atoms. The Morgan fingerprint density at radius 1 is 1.07 bits per heavy atom. The number of hydrogen-bond acceptors (Lipinski definition) is 6. The number of nitrogens with two attached hydrogens (primary N) is 1. The minimum absolute atomic E-state index is 0.224. The quantitative estimate of drug-likeness (QED) is 0.755. The Hall–Kier alpha value is -1.99. The van der Waals surface area contributed by atoms with Crippen LogP contribution < -0.4 is 16.0 Å². The number of ether oxygens (including phenoxy) is 1. The van der Waals surface area contributed by atoms with Crippen molar-refractivity contribution in [2.75, 3.05) is 63.0 Å². The van der Waals surface area contributed by atoms with E-state index in [1.807, 2.05) is 20.8 Å². The van der Waals surface area contributed by atoms with Gasteiger partial charge in [-0.25, -0.2) is 4.79 Å². The summed E-state index contributed by atoms with van der Waals surface area (Å²) in [6.07, 6.45) is -0.224. The van der Waals surface area contributed by atoms with Gasteiger partial charge in [0.15, 0.2) is 0 Å². The minimum atomic E-state index is -0.464. The van der Waals surface area contributed by atoms with E-state index in [4.69, 9.17) is 10.5 Å². The van der Waals surface area contributed by atoms with Gasteiger partial charge in [-0.05, 0) is 57.4 Å². The molecule has 1 aromatic carbocycles. The van der Waals surface area contributed by atoms with Crippen molar-refractivity contribution >= 4 is 17.5 Å². The summed E-state index contributed by atoms with van der Waals surface area (Å²) in [5, 5.41) is 3.41. The topological polar surface area (TPSA) is 74.1 Å². The zero-order valence-electron chi connectivity index (χ0n) is 18.7. The Morgan fingerprint density at radius 2 is 1.69 bits per heavy atom. The molecule has 0 saturated carbocycles. The Morgan fingerprint density at radius 3 is 2.28 bits per heavy atom. The zero-order valence-corrected chi connectivity index (χ0v) is 18.7. The lowest BCUT2D eigenvalue weighted by Gasteiger charge is -2.38. The summed E-state index contributed by atoms with van der Waals surface area (Å²) in [6.45, 7) is 18.1. The highest BCUT2D eigenvalue weighted by atomic mass is 16.6. The average molecular weight is 404 g/mol. The summed E-state index contributed by atoms with van der Waals surface area (Å²) >= 11 is 0. The van der Waals surface area contributed by atoms with E-state index in [0.717, 1.165) is 57.1 Å². The van der Waals surface area contributed by atoms with E-state index in [1.54, 1.807) is 4.90 Å². The van der Waals surface area contributed by atoms with Gasteiger partial charge in [0.05, 0.1) is 0 Å². The maximum absolute atomic E-state index is 12.4. The first-order valence-electron chi connectivity index (χ1n) is 10.7. The molecule has 1 amide bonds. The molecule has 7 heteroatoms. The van der Waals surface area contributed by atoms with Crippen LogP contribution in [0.4, 0.5) is 16.2 Å². The zero-order chi connectivity index (χ0) is 21.2. The number of anilines is 2. The molecule has 162 valence electrons. The number of amides is 1. The van der Waals surface area contributed by atoms with Crippen molar-refractivity contribution in [1.82, 2.24) is 15.1 Å². The molecular weight excluding hydrogens is 366 g/mol. The molecule has 0 radical (unpaired) electrons. The summed E-state index contributed by atoms with van der Waals surface area (Å²) < 4.78 is 5.53. The van der Waals surface area contributed by atoms with E-state index in [2.05, 4.69) is 35.0 Å². The van der Waals surface area contributed by atoms with Crippen LogP contribution in [-0.2, 0) is 11.3 Å². The van der Waals surface area contributed by atoms with E-state index >= 15 is 0 Å². The van der Waals surface area contributed by atoms with Crippen molar-refractivity contribution < 1.29 is 9.53 Å². The third-order valence-corrected chi connectivity index (χ3v) is 5.81. The fourth-order valence-electron chi connectivity index (χ4n) is 4.16. The molecule has 2 aliphatic rings. The highest BCUT2D eigenvalue weighted by Crippen LogP contribution is 2.33. The molecule has 0 aromatic heterocycles. The molecule has 0 unspecified atom stereocenters. The van der Waals surface area contributed by atoms with Gasteiger partial charge >= 0.3 is 6.09 Å². The molecule has 2 fully saturated rings. The molecule has 1 aromatic rings. The minimum Gasteiger partial charge on any atom is -0.444 e. The fourth-order valence-corrected chi connectivity index (χ4v) is 4.16. The van der Waals surface area contributed by atoms with Crippen molar-refractivity contribution in [2.45, 2.75) is 46.8 Å². The first-order valence-corrected chi connectivity index (χ1v) is 10.7. The van der Waals surface area contributed by atoms with Crippen molar-refractivity contribution in [3.63, 3.8) is 0 Å². The summed E-state index contributed by atoms with van der Waals surface area (Å²) in [5.74, 6) is 0. The van der Waals surface area contributed by atoms with Crippen LogP contribution in [0.2, 0.25) is 0 Å². The molecule has 0 atom stereocenters. The number of rotatable bonds is 3. The predicted octanol–water partition coefficient (Wildman–Crippen LogP) is 2.35. The summed E-state index contributed by atoms with van der Waals surface area (Å²) in [7, 11) is 0. The van der Waals surface area contributed by atoms with Crippen LogP contribution in [0.5, 0.6) is 0 Å². The van der Waals surface area contributed by atoms with E-state index in [0.29, 0.717) is 13.1 Å². The first kappa shape index (κ1) is 21.7. The predicted molar refractivity (Wildman–Crippen MR) is 118 cm³/mol. The Kier molecular flexibility index (Phi) is 6.58. The number of nitrogens with zero attached hydrogens (tertiary/aromatic N) is 3. The van der Waals surface area contributed by atoms with Crippen molar-refractivity contribution in [1.29, 1.82) is 0 Å². The molecule has 2 heterocycles. The second-order valence-corrected chi connectivity index (χ2v) is 9.20. The van der Waals surface area contributed by atoms with E-state index < -0.39 is 5.60 Å². The normalized spacial score (nSPS) is 18.8. The van der Waals surface area contributed by atoms with Gasteiger partial charge in [-0.3, -0.25) is 4.90 Å². The second kappa shape index (κ2) is 8.79. The van der Waals surface area contributed by atoms with Crippen LogP contribution in [-0.4, -0.2) is 73.9 Å². The average Bonchev–Trinajstić information content (AvgIpc) is 2.66. The second-order valence-electron chi connectivity index (χ2n) is 9.20. The number of nitrogens with one attached hydrogen (secondary N) is 1. The van der Waals surface area contributed by atoms with Crippen LogP contribution in [0, 0.1) is 13.8 Å². The molecule has 29 heavy (non-hydrogen) atoms. The summed E-state index contributed by atoms with van der Waals surface area (Å²) in [6, 6.07) is 2.15. The Labute approximate surface area is 175 Å². The smallest absolute Gasteiger partial charge is 0.410 e. The summed E-state index contributed by atoms with van der Waals surface area (Å²) in [5.41, 5.74) is 11.8. The summed E-state index contributed by atoms with van der Waals surface area (Å²) in [4.78, 5) is 19.0. The van der Waals surface area contributed by atoms with Gasteiger partial charge in [-0.1, -0.05) is 0 Å². The molecular formula is C22H37N5O2. The van der Waals surface area contributed by atoms with Crippen LogP contribution >= 0.6 is 0 Å². The molecule has 0 bridgehead atoms. The SMILES string of the molecule is Cc1c(N)cc(CN2CCNCC2)c(C)c1N1CCN(C(=O)OC(C)(C)C)CC1. The number of piperazine rings is 2. The Balaban J connectivity index is 1.72. The molecule has 2 saturated heterocycles. The highest BCUT2D eigenvalue weighted by Gasteiger charge is 2.28. The fraction of sp³-hybridized carbons (Fsp3) is 0.682. The van der Waals surface area contributed by atoms with Crippen LogP contribution in [0.25, 0.3) is 0 Å². The van der Waals surface area contributed by atoms with Gasteiger partial charge in [0, 0.05) is 70.3 Å². The standard InChI is InChI=1S/C22H37N5O2/c1-16-18(15-25-8-6-24-7-9-25)14-19(23)17(2)20(16)26-10-12-27(13-11-26)21(28)29-22(3,4)5/h14,24H,6-13,15,23H2,1-5H3. The number of hydrogen-bond donors (Lipinski definition) is 2. The van der Waals surface area contributed by atoms with Crippen LogP contribution in [0.1, 0.15) is 37.5 Å². The largest absolute Gasteiger partial charge is 0.444 e. The highest BCUT2D eigenvalue weighted by molar-refractivity contribution is 5.72. The maximum Gasteiger partial charge on any atom is 0.410 e. The lowest BCUT2D eigenvalue weighted by molar-refractivity contribution is 0.0240. The van der Waals surface area contributed by atoms with Gasteiger partial charge in [-0.15, -0.1) is 0 Å². The Bertz CT molecular complexity index is 730. The van der Waals surface area contributed by atoms with Gasteiger partial charge in [0.1, 0.15) is 5.60 Å². The maximum atomic E-state index is 12.4. The first-order chi connectivity index (χ1) is 13.7. The van der Waals surface area contributed by atoms with Crippen molar-refractivity contribution in [3.8, 4) is 0 Å². The third-order valence-electron chi connectivity index (χ3n) is 5.81. The molecule has 7 nitrogen and oxygen atoms in total. The third kappa shape index (κ3) is 5.34. The van der Waals surface area contributed by atoms with Crippen LogP contribution in [0.15, 0.2) is 6.07 Å². The number of carbonyl (C=O) groups is 1. The van der Waals surface area contributed by atoms with E-state index in [9.17, 15) is 4.79 Å². The van der Waals surface area contributed by atoms with Gasteiger partial charge in [-0.2, -0.15) is 0 Å². The van der Waals surface area contributed by atoms with Crippen molar-refractivity contribution in [2.24, 2.45) is 0 Å².